The van der Waals surface area contributed by atoms with E-state index in [1.54, 1.807) is 11.3 Å². The average Bonchev–Trinajstić information content (AvgIpc) is 3.06. The zero-order chi connectivity index (χ0) is 13.9. The van der Waals surface area contributed by atoms with E-state index in [1.165, 1.54) is 22.4 Å². The first-order valence-electron chi connectivity index (χ1n) is 7.10. The Morgan fingerprint density at radius 3 is 3.10 bits per heavy atom. The quantitative estimate of drug-likeness (QED) is 0.917. The van der Waals surface area contributed by atoms with Gasteiger partial charge in [-0.05, 0) is 44.0 Å². The molecule has 1 atom stereocenters. The van der Waals surface area contributed by atoms with E-state index in [1.807, 2.05) is 12.6 Å². The monoisotopic (exact) mass is 288 g/mol. The highest BCUT2D eigenvalue weighted by Gasteiger charge is 2.23. The second-order valence-electron chi connectivity index (χ2n) is 5.16. The van der Waals surface area contributed by atoms with Crippen molar-refractivity contribution in [3.05, 3.63) is 45.4 Å². The summed E-state index contributed by atoms with van der Waals surface area (Å²) in [4.78, 5) is 5.60. The van der Waals surface area contributed by atoms with E-state index in [9.17, 15) is 0 Å². The summed E-state index contributed by atoms with van der Waals surface area (Å²) in [7, 11) is 2.03. The minimum absolute atomic E-state index is 0.484. The third-order valence-electron chi connectivity index (χ3n) is 4.01. The van der Waals surface area contributed by atoms with Gasteiger partial charge in [0.25, 0.3) is 0 Å². The Kier molecular flexibility index (Phi) is 4.03. The fourth-order valence-corrected chi connectivity index (χ4v) is 3.64. The molecule has 4 heteroatoms. The minimum atomic E-state index is 0.484. The highest BCUT2D eigenvalue weighted by Crippen LogP contribution is 2.36. The molecule has 0 saturated carbocycles. The first kappa shape index (κ1) is 13.6. The molecule has 0 bridgehead atoms. The highest BCUT2D eigenvalue weighted by atomic mass is 32.1. The third-order valence-corrected chi connectivity index (χ3v) is 5.00. The van der Waals surface area contributed by atoms with Gasteiger partial charge in [-0.3, -0.25) is 0 Å². The van der Waals surface area contributed by atoms with E-state index < -0.39 is 0 Å². The molecule has 0 radical (unpaired) electrons. The van der Waals surface area contributed by atoms with E-state index >= 15 is 0 Å². The highest BCUT2D eigenvalue weighted by molar-refractivity contribution is 7.09. The van der Waals surface area contributed by atoms with Gasteiger partial charge in [0.2, 0.25) is 0 Å². The summed E-state index contributed by atoms with van der Waals surface area (Å²) in [5.74, 6) is 1.06. The number of aromatic nitrogens is 1. The largest absolute Gasteiger partial charge is 0.493 e. The van der Waals surface area contributed by atoms with Crippen molar-refractivity contribution in [2.75, 3.05) is 13.7 Å². The van der Waals surface area contributed by atoms with Crippen LogP contribution in [0.1, 0.15) is 34.2 Å². The number of thiazole rings is 1. The van der Waals surface area contributed by atoms with Crippen LogP contribution in [0.25, 0.3) is 0 Å². The Morgan fingerprint density at radius 1 is 1.45 bits per heavy atom. The first-order chi connectivity index (χ1) is 9.79. The molecule has 1 N–H and O–H groups in total. The lowest BCUT2D eigenvalue weighted by atomic mass is 10.1. The maximum atomic E-state index is 6.02. The molecule has 0 saturated heterocycles. The summed E-state index contributed by atoms with van der Waals surface area (Å²) in [6, 6.07) is 6.89. The molecule has 3 rings (SSSR count). The van der Waals surface area contributed by atoms with Crippen molar-refractivity contribution in [1.82, 2.24) is 10.3 Å². The molecular formula is C16H20N2OS. The Bertz CT molecular complexity index is 594. The van der Waals surface area contributed by atoms with Gasteiger partial charge < -0.3 is 10.1 Å². The summed E-state index contributed by atoms with van der Waals surface area (Å²) in [5, 5.41) is 3.37. The minimum Gasteiger partial charge on any atom is -0.493 e. The van der Waals surface area contributed by atoms with Crippen molar-refractivity contribution in [1.29, 1.82) is 0 Å². The van der Waals surface area contributed by atoms with Crippen LogP contribution in [0, 0.1) is 6.92 Å². The summed E-state index contributed by atoms with van der Waals surface area (Å²) in [5.41, 5.74) is 5.82. The fraction of sp³-hybridized carbons (Fsp3) is 0.438. The predicted octanol–water partition coefficient (Wildman–Crippen LogP) is 3.28. The lowest BCUT2D eigenvalue weighted by molar-refractivity contribution is 0.319. The summed E-state index contributed by atoms with van der Waals surface area (Å²) >= 11 is 1.71. The Morgan fingerprint density at radius 2 is 2.35 bits per heavy atom. The maximum Gasteiger partial charge on any atom is 0.122 e. The second kappa shape index (κ2) is 5.94. The predicted molar refractivity (Wildman–Crippen MR) is 82.6 cm³/mol. The SMILES string of the molecule is CNC1CCc2c(OCCc3scnc3C)cccc21. The Hall–Kier alpha value is -1.39. The number of nitrogens with one attached hydrogen (secondary N) is 1. The molecule has 20 heavy (non-hydrogen) atoms. The number of nitrogens with zero attached hydrogens (tertiary/aromatic N) is 1. The van der Waals surface area contributed by atoms with Crippen molar-refractivity contribution in [2.24, 2.45) is 0 Å². The Balaban J connectivity index is 1.67. The number of hydrogen-bond acceptors (Lipinski definition) is 4. The van der Waals surface area contributed by atoms with Gasteiger partial charge in [-0.2, -0.15) is 0 Å². The maximum absolute atomic E-state index is 6.02. The smallest absolute Gasteiger partial charge is 0.122 e. The molecule has 3 nitrogen and oxygen atoms in total. The molecule has 1 aromatic carbocycles. The molecule has 2 aromatic rings. The van der Waals surface area contributed by atoms with Crippen LogP contribution < -0.4 is 10.1 Å². The molecule has 1 aromatic heterocycles. The van der Waals surface area contributed by atoms with E-state index in [0.29, 0.717) is 6.04 Å². The summed E-state index contributed by atoms with van der Waals surface area (Å²) in [6.45, 7) is 2.78. The second-order valence-corrected chi connectivity index (χ2v) is 6.10. The number of ether oxygens (including phenoxy) is 1. The van der Waals surface area contributed by atoms with Crippen molar-refractivity contribution in [2.45, 2.75) is 32.2 Å². The van der Waals surface area contributed by atoms with Gasteiger partial charge in [0, 0.05) is 17.3 Å². The topological polar surface area (TPSA) is 34.1 Å². The Labute approximate surface area is 124 Å². The van der Waals surface area contributed by atoms with Gasteiger partial charge in [0.1, 0.15) is 5.75 Å². The van der Waals surface area contributed by atoms with Crippen LogP contribution >= 0.6 is 11.3 Å². The molecule has 0 amide bonds. The number of rotatable bonds is 5. The van der Waals surface area contributed by atoms with Crippen LogP contribution in [-0.2, 0) is 12.8 Å². The summed E-state index contributed by atoms with van der Waals surface area (Å²) in [6.07, 6.45) is 3.21. The molecule has 0 spiro atoms. The van der Waals surface area contributed by atoms with Crippen LogP contribution in [0.4, 0.5) is 0 Å². The van der Waals surface area contributed by atoms with Crippen LogP contribution in [0.15, 0.2) is 23.7 Å². The summed E-state index contributed by atoms with van der Waals surface area (Å²) < 4.78 is 6.02. The third kappa shape index (κ3) is 2.58. The standard InChI is InChI=1S/C16H20N2OS/c1-11-16(20-10-18-11)8-9-19-15-5-3-4-12-13(15)6-7-14(12)17-2/h3-5,10,14,17H,6-9H2,1-2H3. The molecule has 106 valence electrons. The fourth-order valence-electron chi connectivity index (χ4n) is 2.88. The lowest BCUT2D eigenvalue weighted by Gasteiger charge is -2.13. The zero-order valence-electron chi connectivity index (χ0n) is 12.0. The van der Waals surface area contributed by atoms with Crippen LogP contribution in [0.5, 0.6) is 5.75 Å². The molecule has 0 aliphatic heterocycles. The molecule has 1 heterocycles. The normalized spacial score (nSPS) is 17.2. The lowest BCUT2D eigenvalue weighted by Crippen LogP contribution is -2.12. The van der Waals surface area contributed by atoms with Crippen molar-refractivity contribution in [3.8, 4) is 5.75 Å². The molecule has 1 aliphatic rings. The molecular weight excluding hydrogens is 268 g/mol. The van der Waals surface area contributed by atoms with Gasteiger partial charge in [0.15, 0.2) is 0 Å². The number of aryl methyl sites for hydroxylation is 1. The zero-order valence-corrected chi connectivity index (χ0v) is 12.8. The van der Waals surface area contributed by atoms with Crippen LogP contribution in [0.3, 0.4) is 0 Å². The van der Waals surface area contributed by atoms with Crippen molar-refractivity contribution in [3.63, 3.8) is 0 Å². The van der Waals surface area contributed by atoms with Gasteiger partial charge in [-0.15, -0.1) is 11.3 Å². The van der Waals surface area contributed by atoms with Gasteiger partial charge >= 0.3 is 0 Å². The molecule has 0 fully saturated rings. The average molecular weight is 288 g/mol. The van der Waals surface area contributed by atoms with Crippen LogP contribution in [0.2, 0.25) is 0 Å². The molecule has 1 aliphatic carbocycles. The number of hydrogen-bond donors (Lipinski definition) is 1. The van der Waals surface area contributed by atoms with Gasteiger partial charge in [-0.1, -0.05) is 12.1 Å². The number of benzene rings is 1. The van der Waals surface area contributed by atoms with E-state index in [4.69, 9.17) is 4.74 Å². The van der Waals surface area contributed by atoms with Crippen molar-refractivity contribution < 1.29 is 4.74 Å². The van der Waals surface area contributed by atoms with Crippen LogP contribution in [-0.4, -0.2) is 18.6 Å². The number of fused-ring (bicyclic) bond motifs is 1. The van der Waals surface area contributed by atoms with E-state index in [0.717, 1.165) is 30.9 Å². The van der Waals surface area contributed by atoms with E-state index in [2.05, 4.69) is 35.4 Å². The first-order valence-corrected chi connectivity index (χ1v) is 7.98. The van der Waals surface area contributed by atoms with E-state index in [-0.39, 0.29) is 0 Å². The van der Waals surface area contributed by atoms with Gasteiger partial charge in [0.05, 0.1) is 17.8 Å². The molecule has 1 unspecified atom stereocenters. The van der Waals surface area contributed by atoms with Gasteiger partial charge in [-0.25, -0.2) is 4.98 Å². The van der Waals surface area contributed by atoms with Crippen molar-refractivity contribution >= 4 is 11.3 Å².